The van der Waals surface area contributed by atoms with Crippen LogP contribution in [0.5, 0.6) is 5.75 Å². The smallest absolute Gasteiger partial charge is 0.137 e. The monoisotopic (exact) mass is 255 g/mol. The summed E-state index contributed by atoms with van der Waals surface area (Å²) >= 11 is 0. The number of hydrogen-bond acceptors (Lipinski definition) is 2. The molecule has 0 radical (unpaired) electrons. The molecule has 1 aromatic rings. The van der Waals surface area contributed by atoms with Crippen LogP contribution in [-0.2, 0) is 6.42 Å². The van der Waals surface area contributed by atoms with E-state index < -0.39 is 11.6 Å². The topological polar surface area (TPSA) is 21.3 Å². The summed E-state index contributed by atoms with van der Waals surface area (Å²) in [4.78, 5) is 0. The summed E-state index contributed by atoms with van der Waals surface area (Å²) in [5.41, 5.74) is 0.570. The van der Waals surface area contributed by atoms with Crippen LogP contribution in [0.1, 0.15) is 25.0 Å². The molecule has 0 heterocycles. The molecule has 0 aliphatic carbocycles. The summed E-state index contributed by atoms with van der Waals surface area (Å²) in [5, 5.41) is 3.23. The largest absolute Gasteiger partial charge is 0.496 e. The molecule has 0 aromatic heterocycles. The van der Waals surface area contributed by atoms with Gasteiger partial charge < -0.3 is 10.1 Å². The Morgan fingerprint density at radius 3 is 2.67 bits per heavy atom. The van der Waals surface area contributed by atoms with Gasteiger partial charge in [-0.1, -0.05) is 13.5 Å². The first-order valence-corrected chi connectivity index (χ1v) is 5.94. The first kappa shape index (κ1) is 14.6. The van der Waals surface area contributed by atoms with Gasteiger partial charge in [-0.25, -0.2) is 8.78 Å². The van der Waals surface area contributed by atoms with Crippen LogP contribution in [0.3, 0.4) is 0 Å². The number of ether oxygens (including phenoxy) is 1. The first-order valence-electron chi connectivity index (χ1n) is 5.94. The summed E-state index contributed by atoms with van der Waals surface area (Å²) in [5.74, 6) is -1.28. The summed E-state index contributed by atoms with van der Waals surface area (Å²) < 4.78 is 31.9. The second kappa shape index (κ2) is 6.50. The molecular formula is C14H19F2NO. The molecule has 1 N–H and O–H groups in total. The van der Waals surface area contributed by atoms with Crippen molar-refractivity contribution >= 4 is 5.83 Å². The van der Waals surface area contributed by atoms with E-state index in [9.17, 15) is 8.78 Å². The zero-order chi connectivity index (χ0) is 13.7. The van der Waals surface area contributed by atoms with Gasteiger partial charge in [-0.15, -0.1) is 0 Å². The minimum Gasteiger partial charge on any atom is -0.496 e. The Kier molecular flexibility index (Phi) is 5.28. The van der Waals surface area contributed by atoms with E-state index in [-0.39, 0.29) is 17.4 Å². The molecule has 100 valence electrons. The zero-order valence-corrected chi connectivity index (χ0v) is 11.0. The van der Waals surface area contributed by atoms with Crippen LogP contribution in [0.25, 0.3) is 5.83 Å². The molecule has 18 heavy (non-hydrogen) atoms. The zero-order valence-electron chi connectivity index (χ0n) is 11.0. The maximum absolute atomic E-state index is 13.8. The van der Waals surface area contributed by atoms with Crippen LogP contribution in [-0.4, -0.2) is 19.7 Å². The molecule has 0 fully saturated rings. The number of nitrogens with one attached hydrogen (secondary N) is 1. The molecule has 0 aliphatic heterocycles. The third kappa shape index (κ3) is 3.53. The van der Waals surface area contributed by atoms with Crippen LogP contribution < -0.4 is 10.1 Å². The molecule has 0 saturated heterocycles. The minimum atomic E-state index is -0.823. The van der Waals surface area contributed by atoms with Crippen LogP contribution >= 0.6 is 0 Å². The van der Waals surface area contributed by atoms with Crippen LogP contribution in [0.2, 0.25) is 0 Å². The molecule has 0 amide bonds. The lowest BCUT2D eigenvalue weighted by molar-refractivity contribution is 0.407. The Morgan fingerprint density at radius 1 is 1.50 bits per heavy atom. The van der Waals surface area contributed by atoms with E-state index in [0.29, 0.717) is 6.42 Å². The van der Waals surface area contributed by atoms with E-state index in [1.54, 1.807) is 6.07 Å². The summed E-state index contributed by atoms with van der Waals surface area (Å²) in [6.45, 7) is 7.98. The third-order valence-electron chi connectivity index (χ3n) is 2.70. The lowest BCUT2D eigenvalue weighted by atomic mass is 10.0. The molecule has 0 aliphatic rings. The van der Waals surface area contributed by atoms with Gasteiger partial charge in [0.05, 0.1) is 12.7 Å². The van der Waals surface area contributed by atoms with Gasteiger partial charge in [-0.3, -0.25) is 0 Å². The van der Waals surface area contributed by atoms with Crippen molar-refractivity contribution in [2.24, 2.45) is 0 Å². The Labute approximate surface area is 107 Å². The number of methoxy groups -OCH3 is 1. The molecule has 0 spiro atoms. The Balaban J connectivity index is 3.03. The fourth-order valence-electron chi connectivity index (χ4n) is 1.95. The van der Waals surface area contributed by atoms with Crippen molar-refractivity contribution < 1.29 is 13.5 Å². The van der Waals surface area contributed by atoms with Gasteiger partial charge in [0.25, 0.3) is 0 Å². The molecule has 0 saturated carbocycles. The van der Waals surface area contributed by atoms with Gasteiger partial charge >= 0.3 is 0 Å². The second-order valence-electron chi connectivity index (χ2n) is 4.22. The van der Waals surface area contributed by atoms with Crippen molar-refractivity contribution in [2.45, 2.75) is 26.3 Å². The van der Waals surface area contributed by atoms with Crippen molar-refractivity contribution in [2.75, 3.05) is 13.7 Å². The molecule has 0 bridgehead atoms. The Morgan fingerprint density at radius 2 is 2.17 bits per heavy atom. The van der Waals surface area contributed by atoms with Gasteiger partial charge in [0.2, 0.25) is 0 Å². The minimum absolute atomic E-state index is 0.182. The highest BCUT2D eigenvalue weighted by atomic mass is 19.1. The van der Waals surface area contributed by atoms with Crippen LogP contribution in [0.4, 0.5) is 8.78 Å². The normalized spacial score (nSPS) is 12.3. The van der Waals surface area contributed by atoms with Crippen molar-refractivity contribution in [1.29, 1.82) is 0 Å². The second-order valence-corrected chi connectivity index (χ2v) is 4.22. The van der Waals surface area contributed by atoms with E-state index >= 15 is 0 Å². The highest BCUT2D eigenvalue weighted by Gasteiger charge is 2.15. The number of likely N-dealkylation sites (N-methyl/N-ethyl adjacent to an activating group) is 1. The van der Waals surface area contributed by atoms with E-state index in [1.807, 2.05) is 13.8 Å². The van der Waals surface area contributed by atoms with Gasteiger partial charge in [-0.2, -0.15) is 0 Å². The Hall–Kier alpha value is -1.42. The van der Waals surface area contributed by atoms with Crippen molar-refractivity contribution in [3.05, 3.63) is 35.7 Å². The molecule has 1 aromatic carbocycles. The maximum Gasteiger partial charge on any atom is 0.137 e. The fourth-order valence-corrected chi connectivity index (χ4v) is 1.95. The average Bonchev–Trinajstić information content (AvgIpc) is 2.27. The van der Waals surface area contributed by atoms with Crippen molar-refractivity contribution in [1.82, 2.24) is 5.32 Å². The van der Waals surface area contributed by atoms with E-state index in [4.69, 9.17) is 4.74 Å². The van der Waals surface area contributed by atoms with Crippen LogP contribution in [0.15, 0.2) is 18.7 Å². The van der Waals surface area contributed by atoms with Crippen molar-refractivity contribution in [3.63, 3.8) is 0 Å². The molecule has 1 rings (SSSR count). The van der Waals surface area contributed by atoms with Gasteiger partial charge in [0, 0.05) is 6.04 Å². The number of rotatable bonds is 6. The average molecular weight is 255 g/mol. The lowest BCUT2D eigenvalue weighted by Gasteiger charge is -2.15. The van der Waals surface area contributed by atoms with Gasteiger partial charge in [0.1, 0.15) is 17.4 Å². The fraction of sp³-hybridized carbons (Fsp3) is 0.429. The van der Waals surface area contributed by atoms with Gasteiger partial charge in [0.15, 0.2) is 0 Å². The van der Waals surface area contributed by atoms with E-state index in [2.05, 4.69) is 11.9 Å². The number of benzene rings is 1. The summed E-state index contributed by atoms with van der Waals surface area (Å²) in [6.07, 6.45) is 0.653. The molecule has 1 unspecified atom stereocenters. The SMILES string of the molecule is C=C(F)c1c(F)cc(CC(C)NCC)cc1OC. The maximum atomic E-state index is 13.8. The highest BCUT2D eigenvalue weighted by molar-refractivity contribution is 5.64. The van der Waals surface area contributed by atoms with Crippen LogP contribution in [0, 0.1) is 5.82 Å². The molecule has 2 nitrogen and oxygen atoms in total. The summed E-state index contributed by atoms with van der Waals surface area (Å²) in [6, 6.07) is 3.20. The molecular weight excluding hydrogens is 236 g/mol. The summed E-state index contributed by atoms with van der Waals surface area (Å²) in [7, 11) is 1.39. The third-order valence-corrected chi connectivity index (χ3v) is 2.70. The van der Waals surface area contributed by atoms with E-state index in [0.717, 1.165) is 12.1 Å². The standard InChI is InChI=1S/C14H19F2NO/c1-5-17-9(2)6-11-7-12(16)14(10(3)15)13(8-11)18-4/h7-9,17H,3,5-6H2,1-2,4H3. The molecule has 1 atom stereocenters. The van der Waals surface area contributed by atoms with Crippen molar-refractivity contribution in [3.8, 4) is 5.75 Å². The predicted molar refractivity (Wildman–Crippen MR) is 69.9 cm³/mol. The highest BCUT2D eigenvalue weighted by Crippen LogP contribution is 2.30. The number of hydrogen-bond donors (Lipinski definition) is 1. The quantitative estimate of drug-likeness (QED) is 0.842. The first-order chi connectivity index (χ1) is 8.49. The van der Waals surface area contributed by atoms with Gasteiger partial charge in [-0.05, 0) is 37.6 Å². The molecule has 4 heteroatoms. The van der Waals surface area contributed by atoms with E-state index in [1.165, 1.54) is 13.2 Å². The Bertz CT molecular complexity index is 432. The number of halogens is 2. The predicted octanol–water partition coefficient (Wildman–Crippen LogP) is 3.32. The lowest BCUT2D eigenvalue weighted by Crippen LogP contribution is -2.27.